The molecule has 25 heavy (non-hydrogen) atoms. The summed E-state index contributed by atoms with van der Waals surface area (Å²) in [6, 6.07) is 10.9. The van der Waals surface area contributed by atoms with E-state index in [-0.39, 0.29) is 11.9 Å². The lowest BCUT2D eigenvalue weighted by Gasteiger charge is -2.18. The molecule has 1 aliphatic rings. The van der Waals surface area contributed by atoms with E-state index in [0.717, 1.165) is 29.7 Å². The van der Waals surface area contributed by atoms with Crippen LogP contribution in [0.15, 0.2) is 48.8 Å². The second-order valence-corrected chi connectivity index (χ2v) is 6.57. The Morgan fingerprint density at radius 2 is 1.96 bits per heavy atom. The Labute approximate surface area is 146 Å². The van der Waals surface area contributed by atoms with Crippen molar-refractivity contribution in [1.29, 1.82) is 0 Å². The van der Waals surface area contributed by atoms with Crippen LogP contribution in [0, 0.1) is 5.82 Å². The molecule has 4 rings (SSSR count). The highest BCUT2D eigenvalue weighted by atomic mass is 19.1. The van der Waals surface area contributed by atoms with Gasteiger partial charge in [-0.2, -0.15) is 5.10 Å². The van der Waals surface area contributed by atoms with Gasteiger partial charge in [-0.25, -0.2) is 4.39 Å². The molecule has 1 unspecified atom stereocenters. The van der Waals surface area contributed by atoms with Gasteiger partial charge < -0.3 is 5.32 Å². The van der Waals surface area contributed by atoms with Crippen LogP contribution in [0.2, 0.25) is 0 Å². The summed E-state index contributed by atoms with van der Waals surface area (Å²) >= 11 is 0. The number of fused-ring (bicyclic) bond motifs is 1. The average Bonchev–Trinajstić information content (AvgIpc) is 3.25. The molecule has 0 aliphatic heterocycles. The molecule has 128 valence electrons. The van der Waals surface area contributed by atoms with Crippen LogP contribution < -0.4 is 5.32 Å². The minimum Gasteiger partial charge on any atom is -0.300 e. The maximum atomic E-state index is 13.3. The van der Waals surface area contributed by atoms with Crippen LogP contribution in [0.4, 0.5) is 4.39 Å². The Kier molecular flexibility index (Phi) is 4.32. The molecule has 1 aliphatic carbocycles. The van der Waals surface area contributed by atoms with E-state index in [1.807, 2.05) is 31.6 Å². The maximum absolute atomic E-state index is 13.3. The third kappa shape index (κ3) is 3.46. The highest BCUT2D eigenvalue weighted by Crippen LogP contribution is 2.23. The molecule has 0 amide bonds. The first-order chi connectivity index (χ1) is 12.2. The van der Waals surface area contributed by atoms with E-state index in [0.29, 0.717) is 6.54 Å². The lowest BCUT2D eigenvalue weighted by atomic mass is 10.0. The zero-order valence-corrected chi connectivity index (χ0v) is 14.2. The number of aryl methyl sites for hydroxylation is 3. The van der Waals surface area contributed by atoms with E-state index in [1.165, 1.54) is 29.8 Å². The highest BCUT2D eigenvalue weighted by molar-refractivity contribution is 5.30. The van der Waals surface area contributed by atoms with Crippen LogP contribution >= 0.6 is 0 Å². The number of pyridine rings is 1. The Balaban J connectivity index is 1.57. The van der Waals surface area contributed by atoms with E-state index < -0.39 is 0 Å². The van der Waals surface area contributed by atoms with Crippen molar-refractivity contribution < 1.29 is 4.39 Å². The molecule has 0 saturated carbocycles. The number of nitrogens with zero attached hydrogens (tertiary/aromatic N) is 3. The summed E-state index contributed by atoms with van der Waals surface area (Å²) in [4.78, 5) is 4.79. The third-order valence-electron chi connectivity index (χ3n) is 4.73. The highest BCUT2D eigenvalue weighted by Gasteiger charge is 2.17. The topological polar surface area (TPSA) is 42.7 Å². The Hall–Kier alpha value is -2.53. The standard InChI is InChI=1S/C20H21FN4/c1-25-13-16(11-23-25)20(15-5-8-17(21)9-6-15)22-12-18-10-7-14-3-2-4-19(14)24-18/h5-11,13,20,22H,2-4,12H2,1H3. The van der Waals surface area contributed by atoms with Crippen molar-refractivity contribution in [3.05, 3.63) is 82.7 Å². The smallest absolute Gasteiger partial charge is 0.123 e. The predicted molar refractivity (Wildman–Crippen MR) is 94.6 cm³/mol. The first-order valence-corrected chi connectivity index (χ1v) is 8.64. The van der Waals surface area contributed by atoms with Crippen molar-refractivity contribution in [3.8, 4) is 0 Å². The lowest BCUT2D eigenvalue weighted by molar-refractivity contribution is 0.589. The van der Waals surface area contributed by atoms with Crippen LogP contribution in [0.5, 0.6) is 0 Å². The van der Waals surface area contributed by atoms with Gasteiger partial charge in [-0.05, 0) is 48.6 Å². The maximum Gasteiger partial charge on any atom is 0.123 e. The van der Waals surface area contributed by atoms with Crippen LogP contribution in [-0.2, 0) is 26.4 Å². The number of rotatable bonds is 5. The van der Waals surface area contributed by atoms with Gasteiger partial charge in [0.15, 0.2) is 0 Å². The molecule has 0 bridgehead atoms. The molecule has 1 atom stereocenters. The number of hydrogen-bond donors (Lipinski definition) is 1. The van der Waals surface area contributed by atoms with Gasteiger partial charge in [0.1, 0.15) is 5.82 Å². The first-order valence-electron chi connectivity index (χ1n) is 8.64. The molecule has 2 aromatic heterocycles. The summed E-state index contributed by atoms with van der Waals surface area (Å²) in [7, 11) is 1.90. The molecule has 1 aromatic carbocycles. The van der Waals surface area contributed by atoms with Gasteiger partial charge >= 0.3 is 0 Å². The van der Waals surface area contributed by atoms with Crippen molar-refractivity contribution in [2.45, 2.75) is 31.8 Å². The van der Waals surface area contributed by atoms with Gasteiger partial charge in [0.25, 0.3) is 0 Å². The van der Waals surface area contributed by atoms with Crippen molar-refractivity contribution in [2.24, 2.45) is 7.05 Å². The lowest BCUT2D eigenvalue weighted by Crippen LogP contribution is -2.22. The summed E-state index contributed by atoms with van der Waals surface area (Å²) in [6.45, 7) is 0.657. The van der Waals surface area contributed by atoms with Crippen molar-refractivity contribution in [1.82, 2.24) is 20.1 Å². The number of halogens is 1. The Bertz CT molecular complexity index is 870. The van der Waals surface area contributed by atoms with Crippen molar-refractivity contribution in [2.75, 3.05) is 0 Å². The minimum atomic E-state index is -0.228. The summed E-state index contributed by atoms with van der Waals surface area (Å²) in [5, 5.41) is 7.82. The molecule has 4 nitrogen and oxygen atoms in total. The SMILES string of the molecule is Cn1cc(C(NCc2ccc3c(n2)CCC3)c2ccc(F)cc2)cn1. The van der Waals surface area contributed by atoms with E-state index in [2.05, 4.69) is 22.5 Å². The van der Waals surface area contributed by atoms with E-state index in [9.17, 15) is 4.39 Å². The fourth-order valence-electron chi connectivity index (χ4n) is 3.44. The fraction of sp³-hybridized carbons (Fsp3) is 0.300. The summed E-state index contributed by atoms with van der Waals surface area (Å²) in [5.41, 5.74) is 5.72. The zero-order valence-electron chi connectivity index (χ0n) is 14.2. The number of hydrogen-bond acceptors (Lipinski definition) is 3. The van der Waals surface area contributed by atoms with Crippen LogP contribution in [-0.4, -0.2) is 14.8 Å². The molecule has 0 spiro atoms. The third-order valence-corrected chi connectivity index (χ3v) is 4.73. The number of nitrogens with one attached hydrogen (secondary N) is 1. The first kappa shape index (κ1) is 16.0. The monoisotopic (exact) mass is 336 g/mol. The summed E-state index contributed by atoms with van der Waals surface area (Å²) in [5.74, 6) is -0.228. The largest absolute Gasteiger partial charge is 0.300 e. The summed E-state index contributed by atoms with van der Waals surface area (Å²) < 4.78 is 15.1. The van der Waals surface area contributed by atoms with Crippen LogP contribution in [0.3, 0.4) is 0 Å². The van der Waals surface area contributed by atoms with Crippen molar-refractivity contribution in [3.63, 3.8) is 0 Å². The van der Waals surface area contributed by atoms with Gasteiger partial charge in [0.2, 0.25) is 0 Å². The zero-order chi connectivity index (χ0) is 17.2. The van der Waals surface area contributed by atoms with E-state index in [1.54, 1.807) is 4.68 Å². The predicted octanol–water partition coefficient (Wildman–Crippen LogP) is 3.32. The van der Waals surface area contributed by atoms with Gasteiger partial charge in [-0.1, -0.05) is 18.2 Å². The molecule has 5 heteroatoms. The number of aromatic nitrogens is 3. The van der Waals surface area contributed by atoms with Gasteiger partial charge in [0, 0.05) is 31.0 Å². The average molecular weight is 336 g/mol. The van der Waals surface area contributed by atoms with Gasteiger partial charge in [0.05, 0.1) is 17.9 Å². The molecule has 3 aromatic rings. The normalized spacial score (nSPS) is 14.5. The molecule has 0 saturated heterocycles. The molecule has 0 radical (unpaired) electrons. The molecule has 1 N–H and O–H groups in total. The van der Waals surface area contributed by atoms with E-state index >= 15 is 0 Å². The number of benzene rings is 1. The molecule has 2 heterocycles. The van der Waals surface area contributed by atoms with Gasteiger partial charge in [-0.15, -0.1) is 0 Å². The second-order valence-electron chi connectivity index (χ2n) is 6.57. The molecule has 0 fully saturated rings. The minimum absolute atomic E-state index is 0.0515. The van der Waals surface area contributed by atoms with Crippen molar-refractivity contribution >= 4 is 0 Å². The van der Waals surface area contributed by atoms with Crippen LogP contribution in [0.25, 0.3) is 0 Å². The van der Waals surface area contributed by atoms with Crippen LogP contribution in [0.1, 0.15) is 40.5 Å². The molecular formula is C20H21FN4. The van der Waals surface area contributed by atoms with E-state index in [4.69, 9.17) is 4.98 Å². The Morgan fingerprint density at radius 3 is 2.72 bits per heavy atom. The second kappa shape index (κ2) is 6.76. The Morgan fingerprint density at radius 1 is 1.12 bits per heavy atom. The molecular weight excluding hydrogens is 315 g/mol. The summed E-state index contributed by atoms with van der Waals surface area (Å²) in [6.07, 6.45) is 7.25. The fourth-order valence-corrected chi connectivity index (χ4v) is 3.44. The quantitative estimate of drug-likeness (QED) is 0.777. The van der Waals surface area contributed by atoms with Gasteiger partial charge in [-0.3, -0.25) is 9.67 Å².